The number of carbonyl (C=O) groups is 1. The van der Waals surface area contributed by atoms with E-state index in [9.17, 15) is 4.79 Å². The lowest BCUT2D eigenvalue weighted by atomic mass is 10.0. The highest BCUT2D eigenvalue weighted by atomic mass is 16.5. The molecule has 1 aromatic rings. The van der Waals surface area contributed by atoms with E-state index in [-0.39, 0.29) is 23.9 Å². The van der Waals surface area contributed by atoms with Crippen LogP contribution in [0.2, 0.25) is 0 Å². The average molecular weight is 446 g/mol. The van der Waals surface area contributed by atoms with Gasteiger partial charge >= 0.3 is 0 Å². The first-order valence-corrected chi connectivity index (χ1v) is 11.1. The smallest absolute Gasteiger partial charge is 0.229 e. The molecule has 0 radical (unpaired) electrons. The topological polar surface area (TPSA) is 128 Å². The summed E-state index contributed by atoms with van der Waals surface area (Å²) in [6.45, 7) is 5.94. The molecule has 1 amide bonds. The fourth-order valence-electron chi connectivity index (χ4n) is 4.08. The van der Waals surface area contributed by atoms with Gasteiger partial charge < -0.3 is 29.7 Å². The highest BCUT2D eigenvalue weighted by Crippen LogP contribution is 2.28. The number of hydrogen-bond acceptors (Lipinski definition) is 10. The van der Waals surface area contributed by atoms with Crippen LogP contribution in [0.3, 0.4) is 0 Å². The van der Waals surface area contributed by atoms with Gasteiger partial charge in [-0.2, -0.15) is 4.98 Å². The standard InChI is InChI=1S/C21H31N7O4/c1-3-18(29)27-6-4-14(5-7-27)32-17-12-16(15-13-23-20(22)26-19(15)30-2)24-21(25-17)28-8-10-31-11-9-28/h12-15,19H,3-11H2,1-2H3,(H2,22,26). The van der Waals surface area contributed by atoms with E-state index in [0.717, 1.165) is 12.8 Å². The van der Waals surface area contributed by atoms with E-state index in [4.69, 9.17) is 29.9 Å². The van der Waals surface area contributed by atoms with Crippen LogP contribution < -0.4 is 15.4 Å². The maximum atomic E-state index is 12.0. The number of nitrogens with two attached hydrogens (primary N) is 1. The number of anilines is 1. The highest BCUT2D eigenvalue weighted by Gasteiger charge is 2.29. The Morgan fingerprint density at radius 1 is 1.22 bits per heavy atom. The Balaban J connectivity index is 1.55. The second-order valence-corrected chi connectivity index (χ2v) is 8.00. The molecule has 174 valence electrons. The number of nitrogens with zero attached hydrogens (tertiary/aromatic N) is 6. The SMILES string of the molecule is CCC(=O)N1CCC(Oc2cc(C3C=NC(N)=NC3OC)nc(N3CCOCC3)n2)CC1. The summed E-state index contributed by atoms with van der Waals surface area (Å²) in [6, 6.07) is 1.83. The minimum absolute atomic E-state index is 0.0110. The van der Waals surface area contributed by atoms with Gasteiger partial charge in [-0.25, -0.2) is 15.0 Å². The lowest BCUT2D eigenvalue weighted by Crippen LogP contribution is -2.41. The third kappa shape index (κ3) is 5.16. The summed E-state index contributed by atoms with van der Waals surface area (Å²) >= 11 is 0. The van der Waals surface area contributed by atoms with Crippen LogP contribution in [-0.2, 0) is 14.3 Å². The van der Waals surface area contributed by atoms with Gasteiger partial charge in [0.05, 0.1) is 24.8 Å². The molecule has 0 aromatic carbocycles. The summed E-state index contributed by atoms with van der Waals surface area (Å²) in [7, 11) is 1.58. The average Bonchev–Trinajstić information content (AvgIpc) is 2.84. The number of morpholine rings is 1. The fourth-order valence-corrected chi connectivity index (χ4v) is 4.08. The van der Waals surface area contributed by atoms with Crippen molar-refractivity contribution in [2.75, 3.05) is 51.4 Å². The lowest BCUT2D eigenvalue weighted by molar-refractivity contribution is -0.132. The van der Waals surface area contributed by atoms with E-state index < -0.39 is 6.23 Å². The number of aliphatic imine (C=N–C) groups is 2. The van der Waals surface area contributed by atoms with Gasteiger partial charge in [0, 0.05) is 64.8 Å². The molecule has 2 saturated heterocycles. The van der Waals surface area contributed by atoms with Gasteiger partial charge in [0.2, 0.25) is 23.7 Å². The first kappa shape index (κ1) is 22.4. The monoisotopic (exact) mass is 445 g/mol. The zero-order chi connectivity index (χ0) is 22.5. The van der Waals surface area contributed by atoms with E-state index >= 15 is 0 Å². The second kappa shape index (κ2) is 10.2. The molecule has 1 aromatic heterocycles. The van der Waals surface area contributed by atoms with Crippen LogP contribution in [0.4, 0.5) is 5.95 Å². The minimum atomic E-state index is -0.518. The molecule has 3 aliphatic rings. The Morgan fingerprint density at radius 2 is 1.97 bits per heavy atom. The Hall–Kier alpha value is -2.79. The van der Waals surface area contributed by atoms with Crippen molar-refractivity contribution in [3.63, 3.8) is 0 Å². The van der Waals surface area contributed by atoms with Crippen molar-refractivity contribution in [3.05, 3.63) is 11.8 Å². The van der Waals surface area contributed by atoms with E-state index in [2.05, 4.69) is 14.9 Å². The first-order valence-electron chi connectivity index (χ1n) is 11.1. The number of ether oxygens (including phenoxy) is 3. The van der Waals surface area contributed by atoms with Crippen LogP contribution in [0.15, 0.2) is 16.1 Å². The summed E-state index contributed by atoms with van der Waals surface area (Å²) in [6.07, 6.45) is 3.24. The van der Waals surface area contributed by atoms with Crippen molar-refractivity contribution >= 4 is 24.0 Å². The van der Waals surface area contributed by atoms with E-state index in [1.807, 2.05) is 17.9 Å². The molecule has 11 heteroatoms. The molecule has 0 aliphatic carbocycles. The number of methoxy groups -OCH3 is 1. The number of guanidine groups is 1. The van der Waals surface area contributed by atoms with Crippen molar-refractivity contribution < 1.29 is 19.0 Å². The maximum Gasteiger partial charge on any atom is 0.229 e. The van der Waals surface area contributed by atoms with Crippen LogP contribution in [0.25, 0.3) is 0 Å². The van der Waals surface area contributed by atoms with Crippen molar-refractivity contribution in [2.45, 2.75) is 44.4 Å². The second-order valence-electron chi connectivity index (χ2n) is 8.00. The van der Waals surface area contributed by atoms with Crippen LogP contribution in [-0.4, -0.2) is 91.8 Å². The number of likely N-dealkylation sites (tertiary alicyclic amines) is 1. The first-order chi connectivity index (χ1) is 15.6. The van der Waals surface area contributed by atoms with E-state index in [1.54, 1.807) is 13.3 Å². The molecule has 2 atom stereocenters. The summed E-state index contributed by atoms with van der Waals surface area (Å²) in [5.74, 6) is 1.15. The molecule has 32 heavy (non-hydrogen) atoms. The van der Waals surface area contributed by atoms with Crippen molar-refractivity contribution in [3.8, 4) is 5.88 Å². The molecule has 0 bridgehead atoms. The van der Waals surface area contributed by atoms with Gasteiger partial charge in [0.25, 0.3) is 0 Å². The van der Waals surface area contributed by atoms with E-state index in [1.165, 1.54) is 0 Å². The largest absolute Gasteiger partial charge is 0.474 e. The molecule has 0 spiro atoms. The quantitative estimate of drug-likeness (QED) is 0.672. The Morgan fingerprint density at radius 3 is 2.66 bits per heavy atom. The lowest BCUT2D eigenvalue weighted by Gasteiger charge is -2.32. The number of carbonyl (C=O) groups excluding carboxylic acids is 1. The molecule has 11 nitrogen and oxygen atoms in total. The fraction of sp³-hybridized carbons (Fsp3) is 0.667. The predicted octanol–water partition coefficient (Wildman–Crippen LogP) is 0.548. The maximum absolute atomic E-state index is 12.0. The van der Waals surface area contributed by atoms with Gasteiger partial charge in [-0.3, -0.25) is 4.79 Å². The normalized spacial score (nSPS) is 24.4. The molecule has 2 fully saturated rings. The highest BCUT2D eigenvalue weighted by molar-refractivity contribution is 5.90. The third-order valence-corrected chi connectivity index (χ3v) is 5.91. The number of amides is 1. The van der Waals surface area contributed by atoms with Crippen LogP contribution in [0, 0.1) is 0 Å². The van der Waals surface area contributed by atoms with Crippen molar-refractivity contribution in [2.24, 2.45) is 15.7 Å². The minimum Gasteiger partial charge on any atom is -0.474 e. The Kier molecular flexibility index (Phi) is 7.15. The summed E-state index contributed by atoms with van der Waals surface area (Å²) in [5.41, 5.74) is 6.46. The van der Waals surface area contributed by atoms with Gasteiger partial charge in [0.15, 0.2) is 6.23 Å². The summed E-state index contributed by atoms with van der Waals surface area (Å²) in [4.78, 5) is 33.9. The number of rotatable bonds is 6. The van der Waals surface area contributed by atoms with Crippen LogP contribution in [0.1, 0.15) is 37.8 Å². The van der Waals surface area contributed by atoms with Gasteiger partial charge in [-0.1, -0.05) is 6.92 Å². The molecular weight excluding hydrogens is 414 g/mol. The van der Waals surface area contributed by atoms with Crippen LogP contribution >= 0.6 is 0 Å². The predicted molar refractivity (Wildman–Crippen MR) is 119 cm³/mol. The third-order valence-electron chi connectivity index (χ3n) is 5.91. The zero-order valence-electron chi connectivity index (χ0n) is 18.6. The molecule has 0 saturated carbocycles. The number of piperidine rings is 1. The molecule has 3 aliphatic heterocycles. The number of aromatic nitrogens is 2. The summed E-state index contributed by atoms with van der Waals surface area (Å²) < 4.78 is 17.3. The Labute approximate surface area is 187 Å². The molecule has 2 N–H and O–H groups in total. The van der Waals surface area contributed by atoms with Gasteiger partial charge in [-0.15, -0.1) is 0 Å². The van der Waals surface area contributed by atoms with Crippen LogP contribution in [0.5, 0.6) is 5.88 Å². The van der Waals surface area contributed by atoms with Crippen molar-refractivity contribution in [1.29, 1.82) is 0 Å². The van der Waals surface area contributed by atoms with Gasteiger partial charge in [0.1, 0.15) is 6.10 Å². The zero-order valence-corrected chi connectivity index (χ0v) is 18.6. The molecule has 2 unspecified atom stereocenters. The number of hydrogen-bond donors (Lipinski definition) is 1. The van der Waals surface area contributed by atoms with E-state index in [0.29, 0.717) is 63.3 Å². The summed E-state index contributed by atoms with van der Waals surface area (Å²) in [5, 5.41) is 0. The molecular formula is C21H31N7O4. The Bertz CT molecular complexity index is 864. The molecule has 4 rings (SSSR count). The van der Waals surface area contributed by atoms with Crippen molar-refractivity contribution in [1.82, 2.24) is 14.9 Å². The molecule has 4 heterocycles. The van der Waals surface area contributed by atoms with Gasteiger partial charge in [-0.05, 0) is 0 Å².